The topological polar surface area (TPSA) is 111 Å². The number of hydrogen-bond donors (Lipinski definition) is 5. The van der Waals surface area contributed by atoms with Gasteiger partial charge in [-0.05, 0) is 86.0 Å². The molecule has 0 saturated carbocycles. The van der Waals surface area contributed by atoms with E-state index in [1.807, 2.05) is 24.3 Å². The molecule has 2 aliphatic rings. The minimum absolute atomic E-state index is 0.187. The average molecular weight is 480 g/mol. The van der Waals surface area contributed by atoms with Gasteiger partial charge >= 0.3 is 11.9 Å². The van der Waals surface area contributed by atoms with Gasteiger partial charge in [0, 0.05) is 13.1 Å². The molecule has 0 bridgehead atoms. The Hall–Kier alpha value is -2.74. The zero-order valence-corrected chi connectivity index (χ0v) is 20.2. The van der Waals surface area contributed by atoms with Gasteiger partial charge in [-0.15, -0.1) is 0 Å². The Balaban J connectivity index is 1.31. The van der Waals surface area contributed by atoms with Gasteiger partial charge in [-0.2, -0.15) is 0 Å². The summed E-state index contributed by atoms with van der Waals surface area (Å²) in [6, 6.07) is 16.4. The van der Waals surface area contributed by atoms with Crippen molar-refractivity contribution in [2.24, 2.45) is 23.7 Å². The lowest BCUT2D eigenvalue weighted by molar-refractivity contribution is -0.144. The highest BCUT2D eigenvalue weighted by Gasteiger charge is 2.31. The van der Waals surface area contributed by atoms with Crippen LogP contribution in [0.1, 0.15) is 35.1 Å². The number of nitrogens with one attached hydrogen (secondary N) is 3. The van der Waals surface area contributed by atoms with Crippen molar-refractivity contribution in [1.29, 1.82) is 0 Å². The van der Waals surface area contributed by atoms with E-state index in [0.29, 0.717) is 25.9 Å². The van der Waals surface area contributed by atoms with Crippen LogP contribution in [0.25, 0.3) is 0 Å². The van der Waals surface area contributed by atoms with Crippen molar-refractivity contribution >= 4 is 11.9 Å². The summed E-state index contributed by atoms with van der Waals surface area (Å²) in [6.45, 7) is 4.73. The number of carbonyl (C=O) groups is 2. The van der Waals surface area contributed by atoms with Gasteiger partial charge in [0.1, 0.15) is 0 Å². The number of aliphatic carboxylic acids is 2. The molecule has 0 amide bonds. The van der Waals surface area contributed by atoms with E-state index in [2.05, 4.69) is 40.2 Å². The van der Waals surface area contributed by atoms with Crippen LogP contribution >= 0.6 is 0 Å². The van der Waals surface area contributed by atoms with Crippen molar-refractivity contribution < 1.29 is 19.8 Å². The number of carboxylic acids is 2. The lowest BCUT2D eigenvalue weighted by Gasteiger charge is -2.19. The van der Waals surface area contributed by atoms with Crippen LogP contribution in [-0.4, -0.2) is 48.3 Å². The smallest absolute Gasteiger partial charge is 0.307 e. The zero-order valence-electron chi connectivity index (χ0n) is 20.2. The van der Waals surface area contributed by atoms with Crippen LogP contribution in [0.4, 0.5) is 0 Å². The Bertz CT molecular complexity index is 920. The molecule has 0 radical (unpaired) electrons. The first-order valence-corrected chi connectivity index (χ1v) is 12.7. The third kappa shape index (κ3) is 7.13. The van der Waals surface area contributed by atoms with E-state index in [0.717, 1.165) is 61.3 Å². The third-order valence-electron chi connectivity index (χ3n) is 7.52. The molecule has 188 valence electrons. The molecule has 0 aliphatic carbocycles. The lowest BCUT2D eigenvalue weighted by atomic mass is 9.86. The molecule has 2 fully saturated rings. The largest absolute Gasteiger partial charge is 0.481 e. The van der Waals surface area contributed by atoms with Crippen molar-refractivity contribution in [2.75, 3.05) is 26.2 Å². The van der Waals surface area contributed by atoms with Crippen LogP contribution in [0.3, 0.4) is 0 Å². The Kier molecular flexibility index (Phi) is 8.90. The molecule has 2 aromatic rings. The standard InChI is InChI=1S/C28H37N3O4/c32-27(33)25(23-7-9-29-17-23)13-19-3-1-5-21(11-19)15-31-16-22-6-2-4-20(12-22)14-26(28(34)35)24-8-10-30-18-24/h1-6,11-12,23-26,29-31H,7-10,13-18H2,(H,32,33)(H,34,35)/t23-,24?,25-,26-/m0/s1. The van der Waals surface area contributed by atoms with Crippen molar-refractivity contribution in [1.82, 2.24) is 16.0 Å². The second kappa shape index (κ2) is 12.3. The maximum Gasteiger partial charge on any atom is 0.307 e. The van der Waals surface area contributed by atoms with E-state index in [1.54, 1.807) is 0 Å². The first kappa shape index (κ1) is 25.4. The monoisotopic (exact) mass is 479 g/mol. The molecule has 0 spiro atoms. The maximum atomic E-state index is 11.8. The molecule has 5 N–H and O–H groups in total. The molecule has 2 heterocycles. The highest BCUT2D eigenvalue weighted by atomic mass is 16.4. The Morgan fingerprint density at radius 2 is 1.20 bits per heavy atom. The molecule has 2 aliphatic heterocycles. The predicted molar refractivity (Wildman–Crippen MR) is 135 cm³/mol. The molecule has 1 unspecified atom stereocenters. The van der Waals surface area contributed by atoms with E-state index < -0.39 is 11.9 Å². The van der Waals surface area contributed by atoms with Crippen LogP contribution in [0.15, 0.2) is 48.5 Å². The molecule has 7 nitrogen and oxygen atoms in total. The second-order valence-corrected chi connectivity index (χ2v) is 10.0. The maximum absolute atomic E-state index is 11.8. The summed E-state index contributed by atoms with van der Waals surface area (Å²) < 4.78 is 0. The number of hydrogen-bond acceptors (Lipinski definition) is 5. The Morgan fingerprint density at radius 1 is 0.771 bits per heavy atom. The van der Waals surface area contributed by atoms with Gasteiger partial charge in [0.15, 0.2) is 0 Å². The van der Waals surface area contributed by atoms with E-state index in [4.69, 9.17) is 0 Å². The Labute approximate surface area is 207 Å². The van der Waals surface area contributed by atoms with Gasteiger partial charge in [-0.3, -0.25) is 9.59 Å². The van der Waals surface area contributed by atoms with Gasteiger partial charge in [0.2, 0.25) is 0 Å². The summed E-state index contributed by atoms with van der Waals surface area (Å²) in [7, 11) is 0. The fraction of sp³-hybridized carbons (Fsp3) is 0.500. The van der Waals surface area contributed by atoms with E-state index >= 15 is 0 Å². The van der Waals surface area contributed by atoms with E-state index in [-0.39, 0.29) is 23.7 Å². The number of carboxylic acid groups (broad SMARTS) is 2. The fourth-order valence-electron chi connectivity index (χ4n) is 5.54. The van der Waals surface area contributed by atoms with Gasteiger partial charge in [-0.25, -0.2) is 0 Å². The van der Waals surface area contributed by atoms with Gasteiger partial charge < -0.3 is 26.2 Å². The predicted octanol–water partition coefficient (Wildman–Crippen LogP) is 2.68. The van der Waals surface area contributed by atoms with Gasteiger partial charge in [-0.1, -0.05) is 48.5 Å². The fourth-order valence-corrected chi connectivity index (χ4v) is 5.54. The minimum Gasteiger partial charge on any atom is -0.481 e. The van der Waals surface area contributed by atoms with Gasteiger partial charge in [0.05, 0.1) is 11.8 Å². The van der Waals surface area contributed by atoms with E-state index in [9.17, 15) is 19.8 Å². The molecule has 7 heteroatoms. The van der Waals surface area contributed by atoms with Crippen molar-refractivity contribution in [3.63, 3.8) is 0 Å². The van der Waals surface area contributed by atoms with Crippen molar-refractivity contribution in [3.8, 4) is 0 Å². The molecule has 0 aromatic heterocycles. The zero-order chi connectivity index (χ0) is 24.6. The number of benzene rings is 2. The molecule has 35 heavy (non-hydrogen) atoms. The van der Waals surface area contributed by atoms with Crippen LogP contribution in [0.5, 0.6) is 0 Å². The molecule has 2 aromatic carbocycles. The molecule has 4 rings (SSSR count). The second-order valence-electron chi connectivity index (χ2n) is 10.0. The summed E-state index contributed by atoms with van der Waals surface area (Å²) in [5.74, 6) is -1.76. The third-order valence-corrected chi connectivity index (χ3v) is 7.52. The summed E-state index contributed by atoms with van der Waals surface area (Å²) in [5, 5.41) is 29.5. The Morgan fingerprint density at radius 3 is 1.57 bits per heavy atom. The summed E-state index contributed by atoms with van der Waals surface area (Å²) in [4.78, 5) is 23.7. The molecule has 4 atom stereocenters. The molecular weight excluding hydrogens is 442 g/mol. The summed E-state index contributed by atoms with van der Waals surface area (Å²) in [6.07, 6.45) is 2.95. The van der Waals surface area contributed by atoms with Gasteiger partial charge in [0.25, 0.3) is 0 Å². The first-order chi connectivity index (χ1) is 17.0. The average Bonchev–Trinajstić information content (AvgIpc) is 3.56. The molecular formula is C28H37N3O4. The van der Waals surface area contributed by atoms with Crippen molar-refractivity contribution in [3.05, 3.63) is 70.8 Å². The minimum atomic E-state index is -0.712. The quantitative estimate of drug-likeness (QED) is 0.318. The van der Waals surface area contributed by atoms with Crippen LogP contribution in [-0.2, 0) is 35.5 Å². The molecule has 2 saturated heterocycles. The highest BCUT2D eigenvalue weighted by Crippen LogP contribution is 2.25. The normalized spacial score (nSPS) is 21.6. The SMILES string of the molecule is O=C(O)[C@@H](Cc1cccc(CNCc2cccc(C[C@H](C(=O)O)[C@H]3CCNC3)c2)c1)C1CCNC1. The summed E-state index contributed by atoms with van der Waals surface area (Å²) >= 11 is 0. The van der Waals surface area contributed by atoms with E-state index in [1.165, 1.54) is 0 Å². The lowest BCUT2D eigenvalue weighted by Crippen LogP contribution is -2.27. The van der Waals surface area contributed by atoms with Crippen LogP contribution in [0.2, 0.25) is 0 Å². The highest BCUT2D eigenvalue weighted by molar-refractivity contribution is 5.71. The number of rotatable bonds is 12. The van der Waals surface area contributed by atoms with Crippen LogP contribution in [0, 0.1) is 23.7 Å². The summed E-state index contributed by atoms with van der Waals surface area (Å²) in [5.41, 5.74) is 4.39. The first-order valence-electron chi connectivity index (χ1n) is 12.7. The van der Waals surface area contributed by atoms with Crippen molar-refractivity contribution in [2.45, 2.75) is 38.8 Å². The van der Waals surface area contributed by atoms with Crippen LogP contribution < -0.4 is 16.0 Å².